The molecule has 3 rings (SSSR count). The van der Waals surface area contributed by atoms with Gasteiger partial charge in [-0.25, -0.2) is 15.0 Å². The lowest BCUT2D eigenvalue weighted by Gasteiger charge is -2.31. The second-order valence-corrected chi connectivity index (χ2v) is 6.22. The standard InChI is InChI=1S/C14H19N5S/c1-10-17-13(9-20-10)12-2-5-16-14(18-12)19-6-3-11(8-15)4-7-19/h2,5,9,11H,3-4,6-8,15H2,1H3. The van der Waals surface area contributed by atoms with Crippen molar-refractivity contribution in [2.24, 2.45) is 11.7 Å². The van der Waals surface area contributed by atoms with Gasteiger partial charge >= 0.3 is 0 Å². The molecule has 5 nitrogen and oxygen atoms in total. The van der Waals surface area contributed by atoms with Crippen LogP contribution in [0.2, 0.25) is 0 Å². The van der Waals surface area contributed by atoms with Crippen LogP contribution >= 0.6 is 11.3 Å². The Balaban J connectivity index is 1.78. The zero-order chi connectivity index (χ0) is 13.9. The lowest BCUT2D eigenvalue weighted by molar-refractivity contribution is 0.411. The van der Waals surface area contributed by atoms with E-state index in [9.17, 15) is 0 Å². The van der Waals surface area contributed by atoms with Crippen LogP contribution in [0, 0.1) is 12.8 Å². The van der Waals surface area contributed by atoms with Gasteiger partial charge in [-0.2, -0.15) is 0 Å². The summed E-state index contributed by atoms with van der Waals surface area (Å²) in [7, 11) is 0. The van der Waals surface area contributed by atoms with Gasteiger partial charge in [0.1, 0.15) is 5.69 Å². The van der Waals surface area contributed by atoms with Gasteiger partial charge in [-0.05, 0) is 38.3 Å². The minimum Gasteiger partial charge on any atom is -0.341 e. The Labute approximate surface area is 122 Å². The van der Waals surface area contributed by atoms with Gasteiger partial charge in [0.05, 0.1) is 10.7 Å². The molecular weight excluding hydrogens is 270 g/mol. The molecular formula is C14H19N5S. The molecule has 3 heterocycles. The number of piperidine rings is 1. The van der Waals surface area contributed by atoms with Crippen molar-refractivity contribution >= 4 is 17.3 Å². The Kier molecular flexibility index (Phi) is 3.93. The lowest BCUT2D eigenvalue weighted by atomic mass is 9.97. The van der Waals surface area contributed by atoms with Crippen LogP contribution in [0.5, 0.6) is 0 Å². The first kappa shape index (κ1) is 13.5. The third-order valence-corrected chi connectivity index (χ3v) is 4.53. The number of hydrogen-bond acceptors (Lipinski definition) is 6. The van der Waals surface area contributed by atoms with Crippen molar-refractivity contribution in [3.05, 3.63) is 22.7 Å². The number of nitrogens with two attached hydrogens (primary N) is 1. The molecule has 1 saturated heterocycles. The summed E-state index contributed by atoms with van der Waals surface area (Å²) >= 11 is 1.64. The minimum absolute atomic E-state index is 0.649. The molecule has 2 aromatic rings. The SMILES string of the molecule is Cc1nc(-c2ccnc(N3CCC(CN)CC3)n2)cs1. The van der Waals surface area contributed by atoms with Crippen molar-refractivity contribution in [3.8, 4) is 11.4 Å². The summed E-state index contributed by atoms with van der Waals surface area (Å²) in [5, 5.41) is 3.10. The molecule has 2 aromatic heterocycles. The third-order valence-electron chi connectivity index (χ3n) is 3.76. The van der Waals surface area contributed by atoms with E-state index in [-0.39, 0.29) is 0 Å². The monoisotopic (exact) mass is 289 g/mol. The van der Waals surface area contributed by atoms with E-state index in [1.54, 1.807) is 11.3 Å². The van der Waals surface area contributed by atoms with Crippen LogP contribution in [0.15, 0.2) is 17.6 Å². The number of rotatable bonds is 3. The molecule has 1 aliphatic rings. The summed E-state index contributed by atoms with van der Waals surface area (Å²) in [6.45, 7) is 4.77. The van der Waals surface area contributed by atoms with Gasteiger partial charge < -0.3 is 10.6 Å². The van der Waals surface area contributed by atoms with E-state index in [2.05, 4.69) is 19.9 Å². The van der Waals surface area contributed by atoms with Crippen LogP contribution in [0.25, 0.3) is 11.4 Å². The first-order valence-electron chi connectivity index (χ1n) is 6.97. The summed E-state index contributed by atoms with van der Waals surface area (Å²) < 4.78 is 0. The minimum atomic E-state index is 0.649. The van der Waals surface area contributed by atoms with Crippen molar-refractivity contribution in [3.63, 3.8) is 0 Å². The molecule has 0 aliphatic carbocycles. The van der Waals surface area contributed by atoms with Gasteiger partial charge in [0, 0.05) is 24.7 Å². The zero-order valence-electron chi connectivity index (χ0n) is 11.6. The van der Waals surface area contributed by atoms with Gasteiger partial charge in [-0.1, -0.05) is 0 Å². The topological polar surface area (TPSA) is 67.9 Å². The maximum Gasteiger partial charge on any atom is 0.225 e. The second kappa shape index (κ2) is 5.85. The van der Waals surface area contributed by atoms with Gasteiger partial charge in [-0.3, -0.25) is 0 Å². The van der Waals surface area contributed by atoms with Gasteiger partial charge in [-0.15, -0.1) is 11.3 Å². The summed E-state index contributed by atoms with van der Waals surface area (Å²) in [6, 6.07) is 1.92. The van der Waals surface area contributed by atoms with Crippen molar-refractivity contribution in [1.29, 1.82) is 0 Å². The molecule has 20 heavy (non-hydrogen) atoms. The zero-order valence-corrected chi connectivity index (χ0v) is 12.4. The molecule has 0 unspecified atom stereocenters. The van der Waals surface area contributed by atoms with E-state index in [1.807, 2.05) is 24.6 Å². The molecule has 0 saturated carbocycles. The third kappa shape index (κ3) is 2.81. The van der Waals surface area contributed by atoms with E-state index in [1.165, 1.54) is 0 Å². The van der Waals surface area contributed by atoms with Gasteiger partial charge in [0.15, 0.2) is 0 Å². The molecule has 1 fully saturated rings. The lowest BCUT2D eigenvalue weighted by Crippen LogP contribution is -2.37. The average Bonchev–Trinajstić information content (AvgIpc) is 2.94. The Morgan fingerprint density at radius 3 is 2.75 bits per heavy atom. The van der Waals surface area contributed by atoms with Crippen LogP contribution in [0.4, 0.5) is 5.95 Å². The van der Waals surface area contributed by atoms with Gasteiger partial charge in [0.25, 0.3) is 0 Å². The highest BCUT2D eigenvalue weighted by Crippen LogP contribution is 2.23. The predicted molar refractivity (Wildman–Crippen MR) is 81.9 cm³/mol. The molecule has 0 spiro atoms. The summed E-state index contributed by atoms with van der Waals surface area (Å²) in [5.74, 6) is 1.46. The number of hydrogen-bond donors (Lipinski definition) is 1. The smallest absolute Gasteiger partial charge is 0.225 e. The molecule has 0 amide bonds. The Morgan fingerprint density at radius 1 is 1.30 bits per heavy atom. The van der Waals surface area contributed by atoms with Crippen molar-refractivity contribution in [2.45, 2.75) is 19.8 Å². The van der Waals surface area contributed by atoms with Crippen LogP contribution in [0.3, 0.4) is 0 Å². The fourth-order valence-corrected chi connectivity index (χ4v) is 3.10. The highest BCUT2D eigenvalue weighted by atomic mass is 32.1. The predicted octanol–water partition coefficient (Wildman–Crippen LogP) is 2.08. The van der Waals surface area contributed by atoms with Crippen LogP contribution in [0.1, 0.15) is 17.8 Å². The molecule has 106 valence electrons. The molecule has 0 bridgehead atoms. The number of nitrogens with zero attached hydrogens (tertiary/aromatic N) is 4. The molecule has 0 radical (unpaired) electrons. The van der Waals surface area contributed by atoms with Gasteiger partial charge in [0.2, 0.25) is 5.95 Å². The second-order valence-electron chi connectivity index (χ2n) is 5.16. The van der Waals surface area contributed by atoms with E-state index >= 15 is 0 Å². The molecule has 2 N–H and O–H groups in total. The number of anilines is 1. The van der Waals surface area contributed by atoms with E-state index < -0.39 is 0 Å². The van der Waals surface area contributed by atoms with Crippen molar-refractivity contribution < 1.29 is 0 Å². The largest absolute Gasteiger partial charge is 0.341 e. The summed E-state index contributed by atoms with van der Waals surface area (Å²) in [4.78, 5) is 15.8. The molecule has 0 atom stereocenters. The Bertz CT molecular complexity index is 574. The quantitative estimate of drug-likeness (QED) is 0.937. The fourth-order valence-electron chi connectivity index (χ4n) is 2.49. The first-order chi connectivity index (χ1) is 9.76. The number of aryl methyl sites for hydroxylation is 1. The average molecular weight is 289 g/mol. The van der Waals surface area contributed by atoms with Crippen LogP contribution < -0.4 is 10.6 Å². The Hall–Kier alpha value is -1.53. The van der Waals surface area contributed by atoms with E-state index in [0.717, 1.165) is 54.8 Å². The number of thiazole rings is 1. The highest BCUT2D eigenvalue weighted by Gasteiger charge is 2.20. The fraction of sp³-hybridized carbons (Fsp3) is 0.500. The van der Waals surface area contributed by atoms with Crippen LogP contribution in [-0.2, 0) is 0 Å². The molecule has 6 heteroatoms. The molecule has 0 aromatic carbocycles. The molecule has 1 aliphatic heterocycles. The number of aromatic nitrogens is 3. The van der Waals surface area contributed by atoms with Crippen LogP contribution in [-0.4, -0.2) is 34.6 Å². The van der Waals surface area contributed by atoms with Crippen molar-refractivity contribution in [1.82, 2.24) is 15.0 Å². The van der Waals surface area contributed by atoms with Crippen molar-refractivity contribution in [2.75, 3.05) is 24.5 Å². The summed E-state index contributed by atoms with van der Waals surface area (Å²) in [5.41, 5.74) is 7.57. The maximum absolute atomic E-state index is 5.73. The normalized spacial score (nSPS) is 16.6. The van der Waals surface area contributed by atoms with E-state index in [0.29, 0.717) is 5.92 Å². The highest BCUT2D eigenvalue weighted by molar-refractivity contribution is 7.09. The first-order valence-corrected chi connectivity index (χ1v) is 7.85. The van der Waals surface area contributed by atoms with E-state index in [4.69, 9.17) is 5.73 Å². The summed E-state index contributed by atoms with van der Waals surface area (Å²) in [6.07, 6.45) is 4.07. The Morgan fingerprint density at radius 2 is 2.10 bits per heavy atom. The maximum atomic E-state index is 5.73.